The van der Waals surface area contributed by atoms with Gasteiger partial charge in [-0.1, -0.05) is 0 Å². The monoisotopic (exact) mass is 376 g/mol. The second-order valence-electron chi connectivity index (χ2n) is 7.30. The molecule has 6 nitrogen and oxygen atoms in total. The molecule has 2 aromatic rings. The smallest absolute Gasteiger partial charge is 0.249 e. The Kier molecular flexibility index (Phi) is 4.90. The van der Waals surface area contributed by atoms with E-state index in [1.54, 1.807) is 23.5 Å². The number of pyridine rings is 1. The Labute approximate surface area is 156 Å². The quantitative estimate of drug-likeness (QED) is 0.728. The van der Waals surface area contributed by atoms with E-state index < -0.39 is 11.8 Å². The SMILES string of the molecule is O=C(C1CC(F)(F)C1)N1Cc2ccnn2[C@H](CCOCc2ccncc2)C1. The molecule has 1 amide bonds. The first kappa shape index (κ1) is 18.0. The number of ether oxygens (including phenoxy) is 1. The van der Waals surface area contributed by atoms with Crippen LogP contribution in [0.4, 0.5) is 8.78 Å². The van der Waals surface area contributed by atoms with E-state index in [-0.39, 0.29) is 24.8 Å². The molecule has 0 N–H and O–H groups in total. The lowest BCUT2D eigenvalue weighted by molar-refractivity contribution is -0.161. The highest BCUT2D eigenvalue weighted by atomic mass is 19.3. The number of fused-ring (bicyclic) bond motifs is 1. The molecule has 0 aromatic carbocycles. The number of hydrogen-bond acceptors (Lipinski definition) is 4. The predicted octanol–water partition coefficient (Wildman–Crippen LogP) is 2.81. The van der Waals surface area contributed by atoms with Crippen LogP contribution in [0.25, 0.3) is 0 Å². The van der Waals surface area contributed by atoms with E-state index in [9.17, 15) is 13.6 Å². The molecule has 1 aliphatic heterocycles. The van der Waals surface area contributed by atoms with Crippen molar-refractivity contribution in [1.29, 1.82) is 0 Å². The molecule has 0 spiro atoms. The highest BCUT2D eigenvalue weighted by molar-refractivity contribution is 5.80. The van der Waals surface area contributed by atoms with Crippen LogP contribution in [0.5, 0.6) is 0 Å². The van der Waals surface area contributed by atoms with Crippen LogP contribution in [0, 0.1) is 5.92 Å². The van der Waals surface area contributed by atoms with Crippen molar-refractivity contribution >= 4 is 5.91 Å². The number of amides is 1. The van der Waals surface area contributed by atoms with Gasteiger partial charge in [0, 0.05) is 50.5 Å². The van der Waals surface area contributed by atoms with Gasteiger partial charge in [-0.25, -0.2) is 8.78 Å². The van der Waals surface area contributed by atoms with Gasteiger partial charge in [-0.15, -0.1) is 0 Å². The maximum Gasteiger partial charge on any atom is 0.249 e. The normalized spacial score (nSPS) is 21.6. The second-order valence-corrected chi connectivity index (χ2v) is 7.30. The van der Waals surface area contributed by atoms with E-state index in [1.807, 2.05) is 22.9 Å². The molecule has 1 aliphatic carbocycles. The van der Waals surface area contributed by atoms with Gasteiger partial charge >= 0.3 is 0 Å². The third-order valence-corrected chi connectivity index (χ3v) is 5.25. The molecule has 0 bridgehead atoms. The average Bonchev–Trinajstić information content (AvgIpc) is 3.12. The highest BCUT2D eigenvalue weighted by Crippen LogP contribution is 2.43. The van der Waals surface area contributed by atoms with Gasteiger partial charge in [0.1, 0.15) is 0 Å². The van der Waals surface area contributed by atoms with Crippen LogP contribution >= 0.6 is 0 Å². The minimum absolute atomic E-state index is 0.00859. The Morgan fingerprint density at radius 1 is 1.22 bits per heavy atom. The Morgan fingerprint density at radius 2 is 2.00 bits per heavy atom. The molecule has 1 fully saturated rings. The topological polar surface area (TPSA) is 60.2 Å². The van der Waals surface area contributed by atoms with Gasteiger partial charge in [-0.05, 0) is 30.2 Å². The maximum atomic E-state index is 13.1. The first-order valence-corrected chi connectivity index (χ1v) is 9.17. The van der Waals surface area contributed by atoms with E-state index in [0.717, 1.165) is 11.3 Å². The lowest BCUT2D eigenvalue weighted by Crippen LogP contribution is -2.49. The Balaban J connectivity index is 1.34. The summed E-state index contributed by atoms with van der Waals surface area (Å²) in [5.74, 6) is -3.41. The second kappa shape index (κ2) is 7.34. The zero-order chi connectivity index (χ0) is 18.9. The van der Waals surface area contributed by atoms with Crippen LogP contribution in [-0.2, 0) is 22.7 Å². The molecule has 8 heteroatoms. The summed E-state index contributed by atoms with van der Waals surface area (Å²) < 4.78 is 33.9. The number of halogens is 2. The molecule has 2 aliphatic rings. The van der Waals surface area contributed by atoms with E-state index in [4.69, 9.17) is 4.74 Å². The number of rotatable bonds is 6. The summed E-state index contributed by atoms with van der Waals surface area (Å²) >= 11 is 0. The largest absolute Gasteiger partial charge is 0.377 e. The number of hydrogen-bond donors (Lipinski definition) is 0. The first-order chi connectivity index (χ1) is 13.0. The molecule has 1 saturated carbocycles. The Morgan fingerprint density at radius 3 is 2.74 bits per heavy atom. The fraction of sp³-hybridized carbons (Fsp3) is 0.526. The van der Waals surface area contributed by atoms with Crippen LogP contribution in [-0.4, -0.2) is 44.6 Å². The van der Waals surface area contributed by atoms with Crippen molar-refractivity contribution in [3.63, 3.8) is 0 Å². The molecule has 0 radical (unpaired) electrons. The Bertz CT molecular complexity index is 788. The number of alkyl halides is 2. The molecule has 1 atom stereocenters. The molecule has 0 unspecified atom stereocenters. The number of carbonyl (C=O) groups is 1. The van der Waals surface area contributed by atoms with E-state index in [2.05, 4.69) is 10.1 Å². The average molecular weight is 376 g/mol. The van der Waals surface area contributed by atoms with Crippen LogP contribution in [0.15, 0.2) is 36.8 Å². The predicted molar refractivity (Wildman–Crippen MR) is 92.9 cm³/mol. The summed E-state index contributed by atoms with van der Waals surface area (Å²) in [6.45, 7) is 1.93. The minimum atomic E-state index is -2.68. The fourth-order valence-electron chi connectivity index (χ4n) is 3.75. The molecule has 4 rings (SSSR count). The fourth-order valence-corrected chi connectivity index (χ4v) is 3.75. The number of nitrogens with zero attached hydrogens (tertiary/aromatic N) is 4. The molecular weight excluding hydrogens is 354 g/mol. The highest BCUT2D eigenvalue weighted by Gasteiger charge is 2.50. The van der Waals surface area contributed by atoms with Crippen molar-refractivity contribution in [2.75, 3.05) is 13.2 Å². The molecule has 27 heavy (non-hydrogen) atoms. The molecular formula is C19H22F2N4O2. The summed E-state index contributed by atoms with van der Waals surface area (Å²) in [6.07, 6.45) is 5.20. The third kappa shape index (κ3) is 4.00. The number of aromatic nitrogens is 3. The zero-order valence-electron chi connectivity index (χ0n) is 14.9. The van der Waals surface area contributed by atoms with Crippen molar-refractivity contribution in [1.82, 2.24) is 19.7 Å². The molecule has 2 aromatic heterocycles. The summed E-state index contributed by atoms with van der Waals surface area (Å²) in [7, 11) is 0. The van der Waals surface area contributed by atoms with Gasteiger partial charge < -0.3 is 9.64 Å². The van der Waals surface area contributed by atoms with Gasteiger partial charge in [0.2, 0.25) is 11.8 Å². The van der Waals surface area contributed by atoms with Gasteiger partial charge in [0.05, 0.1) is 24.9 Å². The van der Waals surface area contributed by atoms with Crippen molar-refractivity contribution in [2.45, 2.75) is 44.4 Å². The van der Waals surface area contributed by atoms with E-state index >= 15 is 0 Å². The van der Waals surface area contributed by atoms with E-state index in [0.29, 0.717) is 32.7 Å². The molecule has 0 saturated heterocycles. The standard InChI is InChI=1S/C19H22F2N4O2/c20-19(21)9-15(10-19)18(26)24-11-16-3-7-23-25(16)17(12-24)4-8-27-13-14-1-5-22-6-2-14/h1-3,5-7,15,17H,4,8-13H2/t17-/m1/s1. The van der Waals surface area contributed by atoms with Gasteiger partial charge in [0.15, 0.2) is 0 Å². The minimum Gasteiger partial charge on any atom is -0.377 e. The van der Waals surface area contributed by atoms with Crippen molar-refractivity contribution in [3.8, 4) is 0 Å². The lowest BCUT2D eigenvalue weighted by Gasteiger charge is -2.40. The summed E-state index contributed by atoms with van der Waals surface area (Å²) in [4.78, 5) is 18.3. The van der Waals surface area contributed by atoms with Crippen LogP contribution in [0.2, 0.25) is 0 Å². The summed E-state index contributed by atoms with van der Waals surface area (Å²) in [5, 5.41) is 4.37. The third-order valence-electron chi connectivity index (χ3n) is 5.25. The summed E-state index contributed by atoms with van der Waals surface area (Å²) in [6, 6.07) is 5.67. The van der Waals surface area contributed by atoms with Crippen molar-refractivity contribution in [3.05, 3.63) is 48.0 Å². The van der Waals surface area contributed by atoms with Gasteiger partial charge in [-0.3, -0.25) is 14.5 Å². The Hall–Kier alpha value is -2.35. The zero-order valence-corrected chi connectivity index (χ0v) is 14.9. The van der Waals surface area contributed by atoms with Crippen molar-refractivity contribution < 1.29 is 18.3 Å². The van der Waals surface area contributed by atoms with Crippen LogP contribution in [0.3, 0.4) is 0 Å². The number of carbonyl (C=O) groups excluding carboxylic acids is 1. The van der Waals surface area contributed by atoms with Gasteiger partial charge in [-0.2, -0.15) is 5.10 Å². The van der Waals surface area contributed by atoms with E-state index in [1.165, 1.54) is 0 Å². The van der Waals surface area contributed by atoms with Crippen LogP contribution in [0.1, 0.15) is 36.6 Å². The lowest BCUT2D eigenvalue weighted by atomic mass is 9.80. The summed E-state index contributed by atoms with van der Waals surface area (Å²) in [5.41, 5.74) is 1.98. The maximum absolute atomic E-state index is 13.1. The molecule has 3 heterocycles. The first-order valence-electron chi connectivity index (χ1n) is 9.17. The van der Waals surface area contributed by atoms with Gasteiger partial charge in [0.25, 0.3) is 0 Å². The molecule has 144 valence electrons. The van der Waals surface area contributed by atoms with Crippen LogP contribution < -0.4 is 0 Å². The van der Waals surface area contributed by atoms with Crippen molar-refractivity contribution in [2.24, 2.45) is 5.92 Å².